The van der Waals surface area contributed by atoms with Crippen molar-refractivity contribution in [3.63, 3.8) is 0 Å². The molecule has 0 N–H and O–H groups in total. The lowest BCUT2D eigenvalue weighted by Crippen LogP contribution is -2.37. The fourth-order valence-electron chi connectivity index (χ4n) is 11.5. The lowest BCUT2D eigenvalue weighted by Gasteiger charge is -2.28. The van der Waals surface area contributed by atoms with E-state index in [0.717, 1.165) is 109 Å². The summed E-state index contributed by atoms with van der Waals surface area (Å²) in [5.74, 6) is -0.821. The number of carbonyl (C=O) groups excluding carboxylic acids is 2. The van der Waals surface area contributed by atoms with Crippen LogP contribution >= 0.6 is 7.82 Å². The smallest absolute Gasteiger partial charge is 0.306 e. The van der Waals surface area contributed by atoms with Gasteiger partial charge in [0, 0.05) is 12.8 Å². The van der Waals surface area contributed by atoms with E-state index < -0.39 is 26.5 Å². The Balaban J connectivity index is 3.95. The first-order chi connectivity index (χ1) is 48.0. The van der Waals surface area contributed by atoms with Crippen LogP contribution in [0, 0.1) is 0 Å². The van der Waals surface area contributed by atoms with Crippen molar-refractivity contribution in [1.29, 1.82) is 0 Å². The summed E-state index contributed by atoms with van der Waals surface area (Å²) in [5, 5.41) is 0. The normalized spacial score (nSPS) is 13.7. The number of phosphoric ester groups is 1. The molecule has 0 aromatic heterocycles. The van der Waals surface area contributed by atoms with Gasteiger partial charge in [-0.2, -0.15) is 0 Å². The Morgan fingerprint density at radius 2 is 0.551 bits per heavy atom. The molecule has 0 saturated carbocycles. The van der Waals surface area contributed by atoms with Gasteiger partial charge in [-0.1, -0.05) is 372 Å². The van der Waals surface area contributed by atoms with E-state index in [1.807, 2.05) is 21.1 Å². The summed E-state index contributed by atoms with van der Waals surface area (Å²) < 4.78 is 34.4. The minimum atomic E-state index is -4.65. The summed E-state index contributed by atoms with van der Waals surface area (Å²) in [4.78, 5) is 38.2. The van der Waals surface area contributed by atoms with Crippen LogP contribution in [-0.2, 0) is 32.7 Å². The van der Waals surface area contributed by atoms with Gasteiger partial charge in [0.15, 0.2) is 6.10 Å². The maximum Gasteiger partial charge on any atom is 0.306 e. The molecule has 0 heterocycles. The maximum atomic E-state index is 12.9. The predicted molar refractivity (Wildman–Crippen MR) is 424 cm³/mol. The van der Waals surface area contributed by atoms with Crippen molar-refractivity contribution in [2.24, 2.45) is 0 Å². The molecule has 0 fully saturated rings. The highest BCUT2D eigenvalue weighted by molar-refractivity contribution is 7.45. The molecule has 0 aliphatic heterocycles. The van der Waals surface area contributed by atoms with Crippen molar-refractivity contribution in [2.45, 2.75) is 367 Å². The van der Waals surface area contributed by atoms with E-state index in [2.05, 4.69) is 148 Å². The number of allylic oxidation sites excluding steroid dienone is 22. The molecule has 0 radical (unpaired) electrons. The van der Waals surface area contributed by atoms with Crippen LogP contribution in [0.5, 0.6) is 0 Å². The third-order valence-electron chi connectivity index (χ3n) is 17.7. The molecule has 10 heteroatoms. The molecule has 0 aliphatic rings. The molecule has 0 aromatic rings. The average Bonchev–Trinajstić information content (AvgIpc) is 1.08. The van der Waals surface area contributed by atoms with Crippen LogP contribution in [0.4, 0.5) is 0 Å². The van der Waals surface area contributed by atoms with E-state index in [-0.39, 0.29) is 32.0 Å². The van der Waals surface area contributed by atoms with E-state index >= 15 is 0 Å². The monoisotopic (exact) mass is 1380 g/mol. The number of likely N-dealkylation sites (N-methyl/N-ethyl adjacent to an activating group) is 1. The van der Waals surface area contributed by atoms with Gasteiger partial charge in [-0.3, -0.25) is 14.2 Å². The number of unbranched alkanes of at least 4 members (excludes halogenated alkanes) is 39. The molecule has 2 atom stereocenters. The standard InChI is InChI=1S/C88H154NO8P/c1-6-8-10-12-14-16-18-20-22-24-26-28-30-32-34-36-38-40-42-44-46-48-50-52-54-56-58-60-62-64-66-68-70-72-74-76-78-80-87(90)94-84-86(85-96-98(92,93)95-83-82-89(3,4)5)97-88(91)81-79-77-75-73-71-69-67-65-63-61-59-57-55-53-51-49-47-45-43-41-39-37-35-33-31-29-27-25-23-21-19-17-15-13-11-9-7-2/h8-11,14-17,20-23,26-29,33,35,39,41,45,47,86H,6-7,12-13,18-19,24-25,30-32,34,36-38,40,42-44,46,48-85H2,1-5H3/b10-8-,11-9-,16-14-,17-15-,22-20-,23-21-,28-26-,29-27-,35-33-,41-39-,47-45-. The molecule has 2 unspecified atom stereocenters. The molecule has 0 aliphatic carbocycles. The fourth-order valence-corrected chi connectivity index (χ4v) is 12.2. The van der Waals surface area contributed by atoms with Crippen molar-refractivity contribution < 1.29 is 42.1 Å². The summed E-state index contributed by atoms with van der Waals surface area (Å²) in [6.45, 7) is 4.05. The van der Waals surface area contributed by atoms with Gasteiger partial charge in [0.2, 0.25) is 0 Å². The highest BCUT2D eigenvalue weighted by Gasteiger charge is 2.22. The Hall–Kier alpha value is -3.85. The molecule has 0 spiro atoms. The van der Waals surface area contributed by atoms with Crippen LogP contribution in [0.15, 0.2) is 134 Å². The zero-order valence-electron chi connectivity index (χ0n) is 64.5. The van der Waals surface area contributed by atoms with Gasteiger partial charge in [-0.05, 0) is 109 Å². The van der Waals surface area contributed by atoms with E-state index in [1.165, 1.54) is 218 Å². The van der Waals surface area contributed by atoms with Gasteiger partial charge < -0.3 is 27.9 Å². The number of hydrogen-bond acceptors (Lipinski definition) is 8. The zero-order valence-corrected chi connectivity index (χ0v) is 65.3. The number of phosphoric acid groups is 1. The molecule has 9 nitrogen and oxygen atoms in total. The largest absolute Gasteiger partial charge is 0.756 e. The van der Waals surface area contributed by atoms with Crippen LogP contribution in [-0.4, -0.2) is 70.0 Å². The highest BCUT2D eigenvalue weighted by Crippen LogP contribution is 2.38. The fraction of sp³-hybridized carbons (Fsp3) is 0.727. The molecule has 0 saturated heterocycles. The number of quaternary nitrogens is 1. The summed E-state index contributed by atoms with van der Waals surface area (Å²) in [7, 11) is 1.17. The zero-order chi connectivity index (χ0) is 71.1. The van der Waals surface area contributed by atoms with Crippen molar-refractivity contribution in [2.75, 3.05) is 47.5 Å². The van der Waals surface area contributed by atoms with Crippen LogP contribution < -0.4 is 4.89 Å². The topological polar surface area (TPSA) is 111 Å². The SMILES string of the molecule is CC/C=C\C/C=C\C/C=C\C/C=C\C/C=C\C/C=C\C/C=C\CCCCCCCCCCCCCCCCCC(=O)OC(COC(=O)CCCCCCCCCCCCCCCCCCCCCCCCCC/C=C\C/C=C\C/C=C\C/C=C\CC)COP(=O)([O-])OCC[N+](C)(C)C. The third-order valence-corrected chi connectivity index (χ3v) is 18.6. The van der Waals surface area contributed by atoms with Gasteiger partial charge in [-0.25, -0.2) is 0 Å². The number of carbonyl (C=O) groups is 2. The lowest BCUT2D eigenvalue weighted by atomic mass is 10.0. The first-order valence-corrected chi connectivity index (χ1v) is 42.4. The minimum absolute atomic E-state index is 0.0330. The van der Waals surface area contributed by atoms with Gasteiger partial charge in [0.25, 0.3) is 7.82 Å². The number of rotatable bonds is 75. The molecule has 0 amide bonds. The Bertz CT molecular complexity index is 2120. The van der Waals surface area contributed by atoms with E-state index in [0.29, 0.717) is 17.4 Å². The summed E-state index contributed by atoms with van der Waals surface area (Å²) in [5.41, 5.74) is 0. The first-order valence-electron chi connectivity index (χ1n) is 40.9. The molecule has 98 heavy (non-hydrogen) atoms. The van der Waals surface area contributed by atoms with Crippen molar-refractivity contribution in [3.8, 4) is 0 Å². The minimum Gasteiger partial charge on any atom is -0.756 e. The molecule has 564 valence electrons. The Kier molecular flexibility index (Phi) is 74.3. The maximum absolute atomic E-state index is 12.9. The van der Waals surface area contributed by atoms with Crippen LogP contribution in [0.1, 0.15) is 361 Å². The number of hydrogen-bond donors (Lipinski definition) is 0. The molecular formula is C88H154NO8P. The molecule has 0 rings (SSSR count). The van der Waals surface area contributed by atoms with Gasteiger partial charge >= 0.3 is 11.9 Å². The predicted octanol–water partition coefficient (Wildman–Crippen LogP) is 26.9. The Morgan fingerprint density at radius 1 is 0.316 bits per heavy atom. The van der Waals surface area contributed by atoms with E-state index in [4.69, 9.17) is 18.5 Å². The third kappa shape index (κ3) is 81.1. The Morgan fingerprint density at radius 3 is 0.816 bits per heavy atom. The van der Waals surface area contributed by atoms with Crippen molar-refractivity contribution in [3.05, 3.63) is 134 Å². The summed E-state index contributed by atoms with van der Waals surface area (Å²) in [6, 6.07) is 0. The second-order valence-electron chi connectivity index (χ2n) is 28.4. The first kappa shape index (κ1) is 94.2. The number of ether oxygens (including phenoxy) is 2. The van der Waals surface area contributed by atoms with E-state index in [1.54, 1.807) is 0 Å². The second kappa shape index (κ2) is 77.3. The molecule has 0 aromatic carbocycles. The van der Waals surface area contributed by atoms with Crippen LogP contribution in [0.25, 0.3) is 0 Å². The van der Waals surface area contributed by atoms with Crippen molar-refractivity contribution >= 4 is 19.8 Å². The Labute approximate surface area is 606 Å². The second-order valence-corrected chi connectivity index (χ2v) is 29.8. The van der Waals surface area contributed by atoms with Crippen LogP contribution in [0.2, 0.25) is 0 Å². The van der Waals surface area contributed by atoms with Gasteiger partial charge in [-0.15, -0.1) is 0 Å². The van der Waals surface area contributed by atoms with E-state index in [9.17, 15) is 19.0 Å². The summed E-state index contributed by atoms with van der Waals surface area (Å²) >= 11 is 0. The van der Waals surface area contributed by atoms with Crippen molar-refractivity contribution in [1.82, 2.24) is 0 Å². The molecule has 0 bridgehead atoms. The average molecular weight is 1390 g/mol. The summed E-state index contributed by atoms with van der Waals surface area (Å²) in [6.07, 6.45) is 113. The highest BCUT2D eigenvalue weighted by atomic mass is 31.2. The number of esters is 2. The molecular weight excluding hydrogens is 1230 g/mol. The quantitative estimate of drug-likeness (QED) is 0.0195. The van der Waals surface area contributed by atoms with Crippen LogP contribution in [0.3, 0.4) is 0 Å². The number of nitrogens with zero attached hydrogens (tertiary/aromatic N) is 1. The lowest BCUT2D eigenvalue weighted by molar-refractivity contribution is -0.870. The van der Waals surface area contributed by atoms with Gasteiger partial charge in [0.1, 0.15) is 19.8 Å². The van der Waals surface area contributed by atoms with Gasteiger partial charge in [0.05, 0.1) is 27.7 Å².